The quantitative estimate of drug-likeness (QED) is 0.476. The highest BCUT2D eigenvalue weighted by Gasteiger charge is 2.30. The summed E-state index contributed by atoms with van der Waals surface area (Å²) in [4.78, 5) is 4.76. The molecule has 0 fully saturated rings. The van der Waals surface area contributed by atoms with Gasteiger partial charge in [0.25, 0.3) is 6.33 Å². The lowest BCUT2D eigenvalue weighted by atomic mass is 9.94. The average molecular weight is 315 g/mol. The summed E-state index contributed by atoms with van der Waals surface area (Å²) in [6.45, 7) is 8.75. The van der Waals surface area contributed by atoms with Crippen molar-refractivity contribution in [2.45, 2.75) is 34.1 Å². The zero-order chi connectivity index (χ0) is 17.0. The molecule has 2 nitrogen and oxygen atoms in total. The second kappa shape index (κ2) is 5.27. The van der Waals surface area contributed by atoms with Crippen LogP contribution in [-0.2, 0) is 13.5 Å². The van der Waals surface area contributed by atoms with Crippen LogP contribution in [-0.4, -0.2) is 4.98 Å². The topological polar surface area (TPSA) is 16.8 Å². The van der Waals surface area contributed by atoms with Crippen molar-refractivity contribution in [3.8, 4) is 22.5 Å². The van der Waals surface area contributed by atoms with Crippen molar-refractivity contribution in [1.82, 2.24) is 4.98 Å². The smallest absolute Gasteiger partial charge is 0.232 e. The van der Waals surface area contributed by atoms with Crippen LogP contribution >= 0.6 is 0 Å². The van der Waals surface area contributed by atoms with Gasteiger partial charge in [0.1, 0.15) is 5.69 Å². The van der Waals surface area contributed by atoms with Crippen molar-refractivity contribution in [2.75, 3.05) is 0 Å². The second-order valence-corrected chi connectivity index (χ2v) is 7.12. The van der Waals surface area contributed by atoms with E-state index in [1.54, 1.807) is 0 Å². The molecule has 0 unspecified atom stereocenters. The Balaban J connectivity index is 2.02. The van der Waals surface area contributed by atoms with Gasteiger partial charge in [-0.05, 0) is 61.5 Å². The van der Waals surface area contributed by atoms with E-state index in [0.29, 0.717) is 0 Å². The minimum Gasteiger partial charge on any atom is -0.232 e. The molecule has 0 N–H and O–H groups in total. The molecule has 1 aliphatic rings. The molecule has 0 saturated heterocycles. The molecule has 1 aromatic heterocycles. The number of fused-ring (bicyclic) bond motifs is 3. The first kappa shape index (κ1) is 15.1. The van der Waals surface area contributed by atoms with Crippen LogP contribution in [0.2, 0.25) is 0 Å². The lowest BCUT2D eigenvalue weighted by molar-refractivity contribution is -0.663. The van der Waals surface area contributed by atoms with Gasteiger partial charge in [-0.1, -0.05) is 29.3 Å². The SMILES string of the molecule is Cc1ccc2c(c1)-c1nc[n+](C)c(-c3cc(C)cc(C)c3C)c1C2. The highest BCUT2D eigenvalue weighted by Crippen LogP contribution is 2.40. The van der Waals surface area contributed by atoms with Crippen LogP contribution in [0.4, 0.5) is 0 Å². The molecule has 0 radical (unpaired) electrons. The maximum Gasteiger partial charge on any atom is 0.287 e. The molecule has 0 atom stereocenters. The van der Waals surface area contributed by atoms with Gasteiger partial charge in [-0.3, -0.25) is 0 Å². The molecule has 3 aromatic rings. The molecular weight excluding hydrogens is 292 g/mol. The van der Waals surface area contributed by atoms with Crippen molar-refractivity contribution in [2.24, 2.45) is 7.05 Å². The Labute approximate surface area is 143 Å². The third kappa shape index (κ3) is 2.17. The lowest BCUT2D eigenvalue weighted by Crippen LogP contribution is -2.33. The highest BCUT2D eigenvalue weighted by atomic mass is 15.0. The molecule has 24 heavy (non-hydrogen) atoms. The van der Waals surface area contributed by atoms with Crippen molar-refractivity contribution in [3.63, 3.8) is 0 Å². The largest absolute Gasteiger partial charge is 0.287 e. The molecule has 0 saturated carbocycles. The fourth-order valence-corrected chi connectivity index (χ4v) is 3.90. The fraction of sp³-hybridized carbons (Fsp3) is 0.273. The van der Waals surface area contributed by atoms with Crippen LogP contribution in [0.15, 0.2) is 36.7 Å². The second-order valence-electron chi connectivity index (χ2n) is 7.12. The number of benzene rings is 2. The van der Waals surface area contributed by atoms with Gasteiger partial charge < -0.3 is 0 Å². The van der Waals surface area contributed by atoms with Gasteiger partial charge >= 0.3 is 0 Å². The Kier molecular flexibility index (Phi) is 3.31. The van der Waals surface area contributed by atoms with E-state index in [2.05, 4.69) is 69.6 Å². The minimum absolute atomic E-state index is 0.967. The summed E-state index contributed by atoms with van der Waals surface area (Å²) < 4.78 is 2.18. The summed E-state index contributed by atoms with van der Waals surface area (Å²) in [6.07, 6.45) is 2.93. The number of rotatable bonds is 1. The third-order valence-electron chi connectivity index (χ3n) is 5.24. The fourth-order valence-electron chi connectivity index (χ4n) is 3.90. The summed E-state index contributed by atoms with van der Waals surface area (Å²) in [5, 5.41) is 0. The molecule has 0 bridgehead atoms. The number of hydrogen-bond acceptors (Lipinski definition) is 1. The number of aryl methyl sites for hydroxylation is 4. The predicted molar refractivity (Wildman–Crippen MR) is 98.0 cm³/mol. The van der Waals surface area contributed by atoms with E-state index < -0.39 is 0 Å². The third-order valence-corrected chi connectivity index (χ3v) is 5.24. The van der Waals surface area contributed by atoms with Gasteiger partial charge in [0, 0.05) is 17.5 Å². The van der Waals surface area contributed by atoms with Crippen molar-refractivity contribution in [3.05, 3.63) is 70.0 Å². The Hall–Kier alpha value is -2.48. The van der Waals surface area contributed by atoms with Gasteiger partial charge in [0.2, 0.25) is 0 Å². The average Bonchev–Trinajstić information content (AvgIpc) is 2.89. The standard InChI is InChI=1S/C22H23N2/c1-13-6-7-17-11-20-21(19(17)9-13)23-12-24(5)22(20)18-10-14(2)8-15(3)16(18)4/h6-10,12H,11H2,1-5H3/q+1. The molecule has 120 valence electrons. The molecule has 0 amide bonds. The maximum atomic E-state index is 4.76. The van der Waals surface area contributed by atoms with Gasteiger partial charge in [0.05, 0.1) is 12.6 Å². The monoisotopic (exact) mass is 315 g/mol. The van der Waals surface area contributed by atoms with E-state index in [1.807, 2.05) is 6.33 Å². The van der Waals surface area contributed by atoms with Crippen LogP contribution in [0.5, 0.6) is 0 Å². The first-order chi connectivity index (χ1) is 11.5. The van der Waals surface area contributed by atoms with E-state index >= 15 is 0 Å². The zero-order valence-electron chi connectivity index (χ0n) is 15.1. The predicted octanol–water partition coefficient (Wildman–Crippen LogP) is 4.38. The molecule has 2 aromatic carbocycles. The summed E-state index contributed by atoms with van der Waals surface area (Å²) >= 11 is 0. The van der Waals surface area contributed by atoms with E-state index in [1.165, 1.54) is 50.2 Å². The Morgan fingerprint density at radius 2 is 1.67 bits per heavy atom. The molecule has 0 spiro atoms. The molecule has 1 aliphatic carbocycles. The van der Waals surface area contributed by atoms with E-state index in [-0.39, 0.29) is 0 Å². The summed E-state index contributed by atoms with van der Waals surface area (Å²) in [5.74, 6) is 0. The molecular formula is C22H23N2+. The summed E-state index contributed by atoms with van der Waals surface area (Å²) in [6, 6.07) is 11.3. The minimum atomic E-state index is 0.967. The Morgan fingerprint density at radius 1 is 0.917 bits per heavy atom. The Morgan fingerprint density at radius 3 is 2.46 bits per heavy atom. The molecule has 2 heteroatoms. The molecule has 4 rings (SSSR count). The van der Waals surface area contributed by atoms with E-state index in [9.17, 15) is 0 Å². The number of aromatic nitrogens is 2. The van der Waals surface area contributed by atoms with Crippen LogP contribution in [0.1, 0.15) is 33.4 Å². The van der Waals surface area contributed by atoms with Crippen molar-refractivity contribution in [1.29, 1.82) is 0 Å². The van der Waals surface area contributed by atoms with Crippen LogP contribution in [0.25, 0.3) is 22.5 Å². The van der Waals surface area contributed by atoms with Gasteiger partial charge in [-0.2, -0.15) is 0 Å². The number of nitrogens with zero attached hydrogens (tertiary/aromatic N) is 2. The van der Waals surface area contributed by atoms with Gasteiger partial charge in [0.15, 0.2) is 5.69 Å². The van der Waals surface area contributed by atoms with Gasteiger partial charge in [-0.25, -0.2) is 4.57 Å². The summed E-state index contributed by atoms with van der Waals surface area (Å²) in [5.41, 5.74) is 13.1. The highest BCUT2D eigenvalue weighted by molar-refractivity contribution is 5.80. The first-order valence-electron chi connectivity index (χ1n) is 8.51. The molecule has 1 heterocycles. The van der Waals surface area contributed by atoms with E-state index in [0.717, 1.165) is 12.1 Å². The van der Waals surface area contributed by atoms with Crippen LogP contribution < -0.4 is 4.57 Å². The van der Waals surface area contributed by atoms with E-state index in [4.69, 9.17) is 4.98 Å². The molecule has 0 aliphatic heterocycles. The normalized spacial score (nSPS) is 12.2. The zero-order valence-corrected chi connectivity index (χ0v) is 15.1. The lowest BCUT2D eigenvalue weighted by Gasteiger charge is -2.13. The Bertz CT molecular complexity index is 984. The van der Waals surface area contributed by atoms with Crippen molar-refractivity contribution < 1.29 is 4.57 Å². The van der Waals surface area contributed by atoms with Crippen LogP contribution in [0, 0.1) is 27.7 Å². The number of hydrogen-bond donors (Lipinski definition) is 0. The van der Waals surface area contributed by atoms with Gasteiger partial charge in [-0.15, -0.1) is 0 Å². The maximum absolute atomic E-state index is 4.76. The first-order valence-corrected chi connectivity index (χ1v) is 8.51. The van der Waals surface area contributed by atoms with Crippen LogP contribution in [0.3, 0.4) is 0 Å². The van der Waals surface area contributed by atoms with Crippen molar-refractivity contribution >= 4 is 0 Å². The summed E-state index contributed by atoms with van der Waals surface area (Å²) in [7, 11) is 2.11.